The molecule has 0 aliphatic rings. The number of carbonyl (C=O) groups excluding carboxylic acids is 1. The quantitative estimate of drug-likeness (QED) is 0.558. The molecule has 7 heteroatoms. The molecule has 4 aromatic rings. The van der Waals surface area contributed by atoms with Crippen LogP contribution in [0.15, 0.2) is 77.3 Å². The first-order valence-corrected chi connectivity index (χ1v) is 8.92. The number of hydrogen-bond acceptors (Lipinski definition) is 5. The maximum absolute atomic E-state index is 12.7. The van der Waals surface area contributed by atoms with Crippen LogP contribution in [0.1, 0.15) is 23.5 Å². The lowest BCUT2D eigenvalue weighted by Gasteiger charge is -2.17. The summed E-state index contributed by atoms with van der Waals surface area (Å²) >= 11 is 0. The van der Waals surface area contributed by atoms with E-state index >= 15 is 0 Å². The van der Waals surface area contributed by atoms with Gasteiger partial charge in [0.15, 0.2) is 0 Å². The molecule has 4 rings (SSSR count). The molecule has 0 saturated heterocycles. The van der Waals surface area contributed by atoms with Crippen LogP contribution < -0.4 is 5.32 Å². The number of hydrogen-bond donors (Lipinski definition) is 1. The van der Waals surface area contributed by atoms with Crippen molar-refractivity contribution in [1.29, 1.82) is 0 Å². The fourth-order valence-corrected chi connectivity index (χ4v) is 3.12. The van der Waals surface area contributed by atoms with Gasteiger partial charge in [0.25, 0.3) is 5.89 Å². The highest BCUT2D eigenvalue weighted by Crippen LogP contribution is 2.28. The minimum absolute atomic E-state index is 0.0677. The molecule has 0 aliphatic heterocycles. The molecule has 2 aromatic heterocycles. The number of nitrogens with zero attached hydrogens (tertiary/aromatic N) is 4. The molecule has 0 atom stereocenters. The van der Waals surface area contributed by atoms with Crippen molar-refractivity contribution in [3.63, 3.8) is 0 Å². The van der Waals surface area contributed by atoms with Gasteiger partial charge < -0.3 is 4.42 Å². The SMILES string of the molecule is Cn1nccc1-c1nnc(NC(=O)CC(c2ccccc2)c2ccccc2)o1. The van der Waals surface area contributed by atoms with Crippen molar-refractivity contribution in [3.05, 3.63) is 84.1 Å². The first-order valence-electron chi connectivity index (χ1n) is 8.92. The predicted molar refractivity (Wildman–Crippen MR) is 104 cm³/mol. The van der Waals surface area contributed by atoms with Crippen LogP contribution in [0.2, 0.25) is 0 Å². The molecule has 0 aliphatic carbocycles. The Hall–Kier alpha value is -3.74. The van der Waals surface area contributed by atoms with Gasteiger partial charge in [0, 0.05) is 25.6 Å². The highest BCUT2D eigenvalue weighted by molar-refractivity contribution is 5.89. The maximum Gasteiger partial charge on any atom is 0.322 e. The van der Waals surface area contributed by atoms with E-state index in [1.54, 1.807) is 24.0 Å². The van der Waals surface area contributed by atoms with Gasteiger partial charge in [-0.2, -0.15) is 5.10 Å². The largest absolute Gasteiger partial charge is 0.401 e. The van der Waals surface area contributed by atoms with E-state index < -0.39 is 0 Å². The van der Waals surface area contributed by atoms with E-state index in [2.05, 4.69) is 20.6 Å². The zero-order valence-corrected chi connectivity index (χ0v) is 15.3. The van der Waals surface area contributed by atoms with Gasteiger partial charge in [0.1, 0.15) is 5.69 Å². The van der Waals surface area contributed by atoms with Gasteiger partial charge in [-0.25, -0.2) is 0 Å². The highest BCUT2D eigenvalue weighted by Gasteiger charge is 2.20. The molecule has 1 N–H and O–H groups in total. The van der Waals surface area contributed by atoms with E-state index in [1.807, 2.05) is 60.7 Å². The third kappa shape index (κ3) is 3.83. The van der Waals surface area contributed by atoms with Crippen LogP contribution in [0, 0.1) is 0 Å². The van der Waals surface area contributed by atoms with Crippen LogP contribution in [-0.4, -0.2) is 25.9 Å². The summed E-state index contributed by atoms with van der Waals surface area (Å²) in [6.07, 6.45) is 1.90. The third-order valence-corrected chi connectivity index (χ3v) is 4.50. The standard InChI is InChI=1S/C21H19N5O2/c1-26-18(12-13-22-26)20-24-25-21(28-20)23-19(27)14-17(15-8-4-2-5-9-15)16-10-6-3-7-11-16/h2-13,17H,14H2,1H3,(H,23,25,27). The summed E-state index contributed by atoms with van der Waals surface area (Å²) in [5, 5.41) is 14.7. The second-order valence-electron chi connectivity index (χ2n) is 6.38. The van der Waals surface area contributed by atoms with Gasteiger partial charge in [0.2, 0.25) is 5.91 Å². The minimum Gasteiger partial charge on any atom is -0.401 e. The molecule has 0 unspecified atom stereocenters. The summed E-state index contributed by atoms with van der Waals surface area (Å²) in [5.74, 6) is 0.0396. The summed E-state index contributed by atoms with van der Waals surface area (Å²) in [4.78, 5) is 12.7. The lowest BCUT2D eigenvalue weighted by molar-refractivity contribution is -0.116. The van der Waals surface area contributed by atoms with E-state index in [4.69, 9.17) is 4.42 Å². The Labute approximate surface area is 162 Å². The Kier molecular flexibility index (Phi) is 4.97. The van der Waals surface area contributed by atoms with Crippen LogP contribution in [0.5, 0.6) is 0 Å². The predicted octanol–water partition coefficient (Wildman–Crippen LogP) is 3.63. The van der Waals surface area contributed by atoms with E-state index in [0.717, 1.165) is 11.1 Å². The van der Waals surface area contributed by atoms with E-state index in [9.17, 15) is 4.79 Å². The topological polar surface area (TPSA) is 85.8 Å². The van der Waals surface area contributed by atoms with Gasteiger partial charge in [-0.3, -0.25) is 14.8 Å². The van der Waals surface area contributed by atoms with Crippen LogP contribution in [-0.2, 0) is 11.8 Å². The van der Waals surface area contributed by atoms with Gasteiger partial charge in [0.05, 0.1) is 0 Å². The molecular formula is C21H19N5O2. The van der Waals surface area contributed by atoms with Crippen LogP contribution >= 0.6 is 0 Å². The molecular weight excluding hydrogens is 354 g/mol. The first kappa shape index (κ1) is 17.7. The lowest BCUT2D eigenvalue weighted by atomic mass is 9.88. The minimum atomic E-state index is -0.196. The van der Waals surface area contributed by atoms with Crippen LogP contribution in [0.3, 0.4) is 0 Å². The van der Waals surface area contributed by atoms with E-state index in [1.165, 1.54) is 0 Å². The van der Waals surface area contributed by atoms with Gasteiger partial charge in [-0.15, -0.1) is 5.10 Å². The molecule has 0 bridgehead atoms. The summed E-state index contributed by atoms with van der Waals surface area (Å²) < 4.78 is 7.18. The Morgan fingerprint density at radius 2 is 1.64 bits per heavy atom. The molecule has 7 nitrogen and oxygen atoms in total. The second-order valence-corrected chi connectivity index (χ2v) is 6.38. The molecule has 2 heterocycles. The van der Waals surface area contributed by atoms with E-state index in [0.29, 0.717) is 11.6 Å². The molecule has 28 heavy (non-hydrogen) atoms. The van der Waals surface area contributed by atoms with Gasteiger partial charge >= 0.3 is 6.01 Å². The number of anilines is 1. The fraction of sp³-hybridized carbons (Fsp3) is 0.143. The van der Waals surface area contributed by atoms with Crippen molar-refractivity contribution in [3.8, 4) is 11.6 Å². The maximum atomic E-state index is 12.7. The van der Waals surface area contributed by atoms with Crippen LogP contribution in [0.25, 0.3) is 11.6 Å². The molecule has 0 radical (unpaired) electrons. The van der Waals surface area contributed by atoms with Gasteiger partial charge in [-0.1, -0.05) is 65.8 Å². The van der Waals surface area contributed by atoms with E-state index in [-0.39, 0.29) is 24.3 Å². The Balaban J connectivity index is 1.51. The van der Waals surface area contributed by atoms with Crippen molar-refractivity contribution in [2.24, 2.45) is 7.05 Å². The number of nitrogens with one attached hydrogen (secondary N) is 1. The van der Waals surface area contributed by atoms with Crippen molar-refractivity contribution in [2.45, 2.75) is 12.3 Å². The average molecular weight is 373 g/mol. The molecule has 0 spiro atoms. The summed E-state index contributed by atoms with van der Waals surface area (Å²) in [6, 6.07) is 21.8. The summed E-state index contributed by atoms with van der Waals surface area (Å²) in [6.45, 7) is 0. The molecule has 140 valence electrons. The van der Waals surface area contributed by atoms with Crippen LogP contribution in [0.4, 0.5) is 6.01 Å². The lowest BCUT2D eigenvalue weighted by Crippen LogP contribution is -2.16. The van der Waals surface area contributed by atoms with Crippen molar-refractivity contribution < 1.29 is 9.21 Å². The molecule has 0 fully saturated rings. The average Bonchev–Trinajstić information content (AvgIpc) is 3.36. The van der Waals surface area contributed by atoms with Crippen molar-refractivity contribution in [1.82, 2.24) is 20.0 Å². The first-order chi connectivity index (χ1) is 13.7. The summed E-state index contributed by atoms with van der Waals surface area (Å²) in [5.41, 5.74) is 2.83. The second kappa shape index (κ2) is 7.87. The Morgan fingerprint density at radius 1 is 1.00 bits per heavy atom. The van der Waals surface area contributed by atoms with Crippen molar-refractivity contribution in [2.75, 3.05) is 5.32 Å². The molecule has 0 saturated carbocycles. The number of rotatable bonds is 6. The van der Waals surface area contributed by atoms with Gasteiger partial charge in [-0.05, 0) is 17.2 Å². The Morgan fingerprint density at radius 3 is 2.21 bits per heavy atom. The highest BCUT2D eigenvalue weighted by atomic mass is 16.4. The Bertz CT molecular complexity index is 1020. The monoisotopic (exact) mass is 373 g/mol. The normalized spacial score (nSPS) is 10.9. The number of aromatic nitrogens is 4. The number of benzene rings is 2. The third-order valence-electron chi connectivity index (χ3n) is 4.50. The molecule has 1 amide bonds. The smallest absolute Gasteiger partial charge is 0.322 e. The number of carbonyl (C=O) groups is 1. The fourth-order valence-electron chi connectivity index (χ4n) is 3.12. The van der Waals surface area contributed by atoms with Crippen molar-refractivity contribution >= 4 is 11.9 Å². The zero-order valence-electron chi connectivity index (χ0n) is 15.3. The zero-order chi connectivity index (χ0) is 19.3. The summed E-state index contributed by atoms with van der Waals surface area (Å²) in [7, 11) is 1.78. The molecule has 2 aromatic carbocycles. The number of aryl methyl sites for hydroxylation is 1. The number of amides is 1.